The number of amidine groups is 1. The van der Waals surface area contributed by atoms with Crippen LogP contribution in [0.4, 0.5) is 5.69 Å². The van der Waals surface area contributed by atoms with E-state index < -0.39 is 0 Å². The Kier molecular flexibility index (Phi) is 3.07. The number of hydrogen-bond acceptors (Lipinski definition) is 2. The van der Waals surface area contributed by atoms with Gasteiger partial charge >= 0.3 is 0 Å². The van der Waals surface area contributed by atoms with Gasteiger partial charge in [0.1, 0.15) is 5.84 Å². The summed E-state index contributed by atoms with van der Waals surface area (Å²) < 4.78 is 0. The maximum atomic E-state index is 6.03. The Morgan fingerprint density at radius 1 is 1.17 bits per heavy atom. The molecule has 0 amide bonds. The van der Waals surface area contributed by atoms with Crippen LogP contribution in [-0.2, 0) is 0 Å². The lowest BCUT2D eigenvalue weighted by molar-refractivity contribution is 0.585. The molecule has 2 aromatic rings. The number of rotatable bonds is 1. The Hall–Kier alpha value is -1.90. The van der Waals surface area contributed by atoms with E-state index >= 15 is 0 Å². The number of fused-ring (bicyclic) bond motifs is 1. The first-order valence-corrected chi connectivity index (χ1v) is 6.09. The molecule has 0 bridgehead atoms. The van der Waals surface area contributed by atoms with E-state index in [-0.39, 0.29) is 5.41 Å². The largest absolute Gasteiger partial charge is 0.387 e. The minimum absolute atomic E-state index is 0.133. The molecular formula is C15H19N3. The monoisotopic (exact) mass is 241 g/mol. The van der Waals surface area contributed by atoms with Crippen molar-refractivity contribution < 1.29 is 0 Å². The zero-order valence-corrected chi connectivity index (χ0v) is 11.4. The van der Waals surface area contributed by atoms with E-state index in [0.29, 0.717) is 5.84 Å². The number of pyridine rings is 1. The molecule has 94 valence electrons. The molecule has 2 N–H and O–H groups in total. The topological polar surface area (TPSA) is 51.3 Å². The predicted molar refractivity (Wildman–Crippen MR) is 77.2 cm³/mol. The minimum Gasteiger partial charge on any atom is -0.387 e. The van der Waals surface area contributed by atoms with Gasteiger partial charge in [0.25, 0.3) is 0 Å². The van der Waals surface area contributed by atoms with Crippen LogP contribution in [0.15, 0.2) is 35.3 Å². The standard InChI is InChI=1S/C15H19N3/c1-10-8-9-11-6-5-7-12(13(11)17-10)18-14(16)15(2,3)4/h5-9H,1-4H3,(H2,16,18). The third-order valence-corrected chi connectivity index (χ3v) is 2.85. The number of aromatic nitrogens is 1. The van der Waals surface area contributed by atoms with E-state index in [2.05, 4.69) is 36.8 Å². The highest BCUT2D eigenvalue weighted by atomic mass is 14.9. The van der Waals surface area contributed by atoms with Crippen LogP contribution in [0.2, 0.25) is 0 Å². The third kappa shape index (κ3) is 2.50. The van der Waals surface area contributed by atoms with E-state index in [1.54, 1.807) is 0 Å². The van der Waals surface area contributed by atoms with Crippen LogP contribution in [0.1, 0.15) is 26.5 Å². The Morgan fingerprint density at radius 3 is 2.56 bits per heavy atom. The first kappa shape index (κ1) is 12.6. The lowest BCUT2D eigenvalue weighted by Gasteiger charge is -2.17. The predicted octanol–water partition coefficient (Wildman–Crippen LogP) is 3.58. The zero-order chi connectivity index (χ0) is 13.3. The highest BCUT2D eigenvalue weighted by molar-refractivity contribution is 5.94. The van der Waals surface area contributed by atoms with Crippen molar-refractivity contribution in [3.8, 4) is 0 Å². The van der Waals surface area contributed by atoms with Crippen molar-refractivity contribution in [1.29, 1.82) is 0 Å². The Balaban J connectivity index is 2.62. The molecule has 0 saturated carbocycles. The van der Waals surface area contributed by atoms with Gasteiger partial charge in [-0.05, 0) is 19.1 Å². The summed E-state index contributed by atoms with van der Waals surface area (Å²) in [6.45, 7) is 8.13. The second kappa shape index (κ2) is 4.41. The molecule has 1 aromatic heterocycles. The summed E-state index contributed by atoms with van der Waals surface area (Å²) in [6.07, 6.45) is 0. The van der Waals surface area contributed by atoms with Gasteiger partial charge in [0.05, 0.1) is 11.2 Å². The fourth-order valence-electron chi connectivity index (χ4n) is 1.62. The molecule has 3 nitrogen and oxygen atoms in total. The third-order valence-electron chi connectivity index (χ3n) is 2.85. The average Bonchev–Trinajstić information content (AvgIpc) is 2.28. The summed E-state index contributed by atoms with van der Waals surface area (Å²) in [5.74, 6) is 0.623. The molecule has 18 heavy (non-hydrogen) atoms. The second-order valence-corrected chi connectivity index (χ2v) is 5.55. The first-order valence-electron chi connectivity index (χ1n) is 6.09. The number of aryl methyl sites for hydroxylation is 1. The van der Waals surface area contributed by atoms with Crippen molar-refractivity contribution in [3.05, 3.63) is 36.0 Å². The number of nitrogens with zero attached hydrogens (tertiary/aromatic N) is 2. The second-order valence-electron chi connectivity index (χ2n) is 5.55. The van der Waals surface area contributed by atoms with Gasteiger partial charge in [-0.1, -0.05) is 39.0 Å². The highest BCUT2D eigenvalue weighted by Gasteiger charge is 2.16. The summed E-state index contributed by atoms with van der Waals surface area (Å²) in [4.78, 5) is 9.08. The van der Waals surface area contributed by atoms with E-state index in [9.17, 15) is 0 Å². The highest BCUT2D eigenvalue weighted by Crippen LogP contribution is 2.26. The number of aliphatic imine (C=N–C) groups is 1. The smallest absolute Gasteiger partial charge is 0.105 e. The number of nitrogens with two attached hydrogens (primary N) is 1. The van der Waals surface area contributed by atoms with Gasteiger partial charge in [-0.2, -0.15) is 0 Å². The van der Waals surface area contributed by atoms with Gasteiger partial charge in [0.15, 0.2) is 0 Å². The van der Waals surface area contributed by atoms with Crippen molar-refractivity contribution in [2.24, 2.45) is 16.1 Å². The van der Waals surface area contributed by atoms with Crippen molar-refractivity contribution >= 4 is 22.4 Å². The van der Waals surface area contributed by atoms with Crippen LogP contribution in [-0.4, -0.2) is 10.8 Å². The van der Waals surface area contributed by atoms with Crippen LogP contribution in [0, 0.1) is 12.3 Å². The number of para-hydroxylation sites is 1. The van der Waals surface area contributed by atoms with Gasteiger partial charge < -0.3 is 5.73 Å². The van der Waals surface area contributed by atoms with Crippen LogP contribution < -0.4 is 5.73 Å². The minimum atomic E-state index is -0.133. The van der Waals surface area contributed by atoms with Crippen LogP contribution in [0.25, 0.3) is 10.9 Å². The Bertz CT molecular complexity index is 607. The van der Waals surface area contributed by atoms with E-state index in [1.165, 1.54) is 0 Å². The molecule has 0 aliphatic carbocycles. The van der Waals surface area contributed by atoms with Crippen molar-refractivity contribution in [2.75, 3.05) is 0 Å². The van der Waals surface area contributed by atoms with Gasteiger partial charge in [-0.3, -0.25) is 4.98 Å². The molecule has 1 heterocycles. The lowest BCUT2D eigenvalue weighted by atomic mass is 9.95. The summed E-state index contributed by atoms with van der Waals surface area (Å²) in [5, 5.41) is 1.09. The van der Waals surface area contributed by atoms with E-state index in [1.807, 2.05) is 31.2 Å². The SMILES string of the molecule is Cc1ccc2cccc(N=C(N)C(C)(C)C)c2n1. The molecule has 0 fully saturated rings. The molecule has 0 unspecified atom stereocenters. The van der Waals surface area contributed by atoms with Gasteiger partial charge in [0.2, 0.25) is 0 Å². The number of benzene rings is 1. The van der Waals surface area contributed by atoms with Crippen LogP contribution in [0.3, 0.4) is 0 Å². The van der Waals surface area contributed by atoms with Crippen molar-refractivity contribution in [2.45, 2.75) is 27.7 Å². The van der Waals surface area contributed by atoms with Gasteiger partial charge in [-0.15, -0.1) is 0 Å². The quantitative estimate of drug-likeness (QED) is 0.613. The molecule has 0 saturated heterocycles. The maximum Gasteiger partial charge on any atom is 0.105 e. The normalized spacial score (nSPS) is 13.0. The average molecular weight is 241 g/mol. The summed E-state index contributed by atoms with van der Waals surface area (Å²) in [5.41, 5.74) is 8.63. The summed E-state index contributed by atoms with van der Waals surface area (Å²) >= 11 is 0. The fourth-order valence-corrected chi connectivity index (χ4v) is 1.62. The van der Waals surface area contributed by atoms with Crippen molar-refractivity contribution in [1.82, 2.24) is 4.98 Å². The molecule has 3 heteroatoms. The Labute approximate surface area is 108 Å². The first-order chi connectivity index (χ1) is 8.38. The van der Waals surface area contributed by atoms with E-state index in [4.69, 9.17) is 5.73 Å². The Morgan fingerprint density at radius 2 is 1.89 bits per heavy atom. The van der Waals surface area contributed by atoms with Crippen molar-refractivity contribution in [3.63, 3.8) is 0 Å². The number of hydrogen-bond donors (Lipinski definition) is 1. The van der Waals surface area contributed by atoms with E-state index in [0.717, 1.165) is 22.3 Å². The fraction of sp³-hybridized carbons (Fsp3) is 0.333. The molecule has 0 spiro atoms. The van der Waals surface area contributed by atoms with Crippen LogP contribution >= 0.6 is 0 Å². The molecule has 1 aromatic carbocycles. The van der Waals surface area contributed by atoms with Crippen LogP contribution in [0.5, 0.6) is 0 Å². The molecule has 0 aliphatic rings. The summed E-state index contributed by atoms with van der Waals surface area (Å²) in [6, 6.07) is 10.0. The zero-order valence-electron chi connectivity index (χ0n) is 11.4. The maximum absolute atomic E-state index is 6.03. The molecular weight excluding hydrogens is 222 g/mol. The summed E-state index contributed by atoms with van der Waals surface area (Å²) in [7, 11) is 0. The molecule has 2 rings (SSSR count). The van der Waals surface area contributed by atoms with Gasteiger partial charge in [0, 0.05) is 16.5 Å². The molecule has 0 aliphatic heterocycles. The molecule has 0 radical (unpaired) electrons. The molecule has 0 atom stereocenters. The lowest BCUT2D eigenvalue weighted by Crippen LogP contribution is -2.28. The van der Waals surface area contributed by atoms with Gasteiger partial charge in [-0.25, -0.2) is 4.99 Å².